The van der Waals surface area contributed by atoms with Gasteiger partial charge in [0.05, 0.1) is 0 Å². The first kappa shape index (κ1) is 4.77. The van der Waals surface area contributed by atoms with Gasteiger partial charge in [-0.25, -0.2) is 0 Å². The van der Waals surface area contributed by atoms with Gasteiger partial charge in [-0.3, -0.25) is 0 Å². The minimum Gasteiger partial charge on any atom is -0.365 e. The van der Waals surface area contributed by atoms with E-state index < -0.39 is 12.6 Å². The molecule has 0 saturated carbocycles. The molecule has 0 aromatic carbocycles. The van der Waals surface area contributed by atoms with E-state index in [2.05, 4.69) is 4.74 Å². The fourth-order valence-corrected chi connectivity index (χ4v) is 0.424. The van der Waals surface area contributed by atoms with Crippen LogP contribution in [0.2, 0.25) is 0 Å². The Kier molecular flexibility index (Phi) is 1.10. The molecule has 1 heterocycles. The molecule has 0 amide bonds. The predicted octanol–water partition coefficient (Wildman–Crippen LogP) is -0.790. The van der Waals surface area contributed by atoms with Crippen molar-refractivity contribution in [2.45, 2.75) is 12.6 Å². The number of aliphatic hydroxyl groups excluding tert-OH is 2. The Bertz CT molecular complexity index is 78.9. The zero-order valence-corrected chi connectivity index (χ0v) is 3.61. The summed E-state index contributed by atoms with van der Waals surface area (Å²) in [6, 6.07) is 0. The second-order valence-electron chi connectivity index (χ2n) is 1.30. The number of hydrogen-bond donors (Lipinski definition) is 2. The van der Waals surface area contributed by atoms with E-state index in [4.69, 9.17) is 10.2 Å². The van der Waals surface area contributed by atoms with Gasteiger partial charge < -0.3 is 14.9 Å². The minimum atomic E-state index is -0.907. The normalized spacial score (nSPS) is 39.7. The molecule has 0 saturated heterocycles. The first-order valence-electron chi connectivity index (χ1n) is 1.99. The Hall–Kier alpha value is -0.380. The zero-order chi connectivity index (χ0) is 5.28. The van der Waals surface area contributed by atoms with Crippen LogP contribution in [0.4, 0.5) is 0 Å². The smallest absolute Gasteiger partial charge is 0.177 e. The molecule has 1 aliphatic heterocycles. The van der Waals surface area contributed by atoms with Crippen molar-refractivity contribution in [3.63, 3.8) is 0 Å². The van der Waals surface area contributed by atoms with E-state index in [1.54, 1.807) is 0 Å². The van der Waals surface area contributed by atoms with Gasteiger partial charge in [-0.05, 0) is 12.2 Å². The van der Waals surface area contributed by atoms with Crippen LogP contribution in [0.1, 0.15) is 0 Å². The molecule has 40 valence electrons. The molecule has 2 N–H and O–H groups in total. The van der Waals surface area contributed by atoms with E-state index in [-0.39, 0.29) is 0 Å². The monoisotopic (exact) mass is 102 g/mol. The molecule has 0 spiro atoms. The maximum Gasteiger partial charge on any atom is 0.177 e. The number of ether oxygens (including phenoxy) is 1. The predicted molar refractivity (Wildman–Crippen MR) is 22.2 cm³/mol. The third kappa shape index (κ3) is 0.991. The van der Waals surface area contributed by atoms with Gasteiger partial charge in [0.2, 0.25) is 0 Å². The quantitative estimate of drug-likeness (QED) is 0.394. The van der Waals surface area contributed by atoms with Gasteiger partial charge in [0.25, 0.3) is 0 Å². The van der Waals surface area contributed by atoms with E-state index in [1.165, 1.54) is 12.2 Å². The van der Waals surface area contributed by atoms with Crippen LogP contribution in [0, 0.1) is 0 Å². The lowest BCUT2D eigenvalue weighted by Gasteiger charge is -2.00. The average molecular weight is 102 g/mol. The van der Waals surface area contributed by atoms with Gasteiger partial charge in [-0.2, -0.15) is 0 Å². The molecule has 1 aliphatic rings. The van der Waals surface area contributed by atoms with Crippen molar-refractivity contribution in [1.29, 1.82) is 0 Å². The first-order valence-corrected chi connectivity index (χ1v) is 1.99. The van der Waals surface area contributed by atoms with E-state index >= 15 is 0 Å². The van der Waals surface area contributed by atoms with E-state index in [1.807, 2.05) is 0 Å². The van der Waals surface area contributed by atoms with Crippen molar-refractivity contribution in [3.8, 4) is 0 Å². The van der Waals surface area contributed by atoms with Crippen LogP contribution >= 0.6 is 0 Å². The summed E-state index contributed by atoms with van der Waals surface area (Å²) >= 11 is 0. The largest absolute Gasteiger partial charge is 0.365 e. The van der Waals surface area contributed by atoms with Gasteiger partial charge in [0, 0.05) is 0 Å². The van der Waals surface area contributed by atoms with Crippen LogP contribution in [0.25, 0.3) is 0 Å². The lowest BCUT2D eigenvalue weighted by Crippen LogP contribution is -2.09. The highest BCUT2D eigenvalue weighted by Crippen LogP contribution is 2.04. The molecular formula is C4H6O3. The molecule has 0 aliphatic carbocycles. The van der Waals surface area contributed by atoms with Crippen molar-refractivity contribution in [3.05, 3.63) is 12.2 Å². The molecule has 0 aromatic heterocycles. The Balaban J connectivity index is 2.42. The van der Waals surface area contributed by atoms with Crippen molar-refractivity contribution in [1.82, 2.24) is 0 Å². The van der Waals surface area contributed by atoms with Crippen LogP contribution in [-0.2, 0) is 4.74 Å². The summed E-state index contributed by atoms with van der Waals surface area (Å²) < 4.78 is 4.36. The summed E-state index contributed by atoms with van der Waals surface area (Å²) in [5, 5.41) is 16.9. The molecule has 3 nitrogen and oxygen atoms in total. The van der Waals surface area contributed by atoms with Gasteiger partial charge in [-0.15, -0.1) is 0 Å². The number of aliphatic hydroxyl groups is 2. The fraction of sp³-hybridized carbons (Fsp3) is 0.500. The molecule has 2 atom stereocenters. The molecule has 0 fully saturated rings. The Morgan fingerprint density at radius 2 is 1.57 bits per heavy atom. The lowest BCUT2D eigenvalue weighted by molar-refractivity contribution is -0.147. The summed E-state index contributed by atoms with van der Waals surface area (Å²) in [7, 11) is 0. The summed E-state index contributed by atoms with van der Waals surface area (Å²) in [4.78, 5) is 0. The molecule has 7 heavy (non-hydrogen) atoms. The first-order chi connectivity index (χ1) is 3.29. The summed E-state index contributed by atoms with van der Waals surface area (Å²) in [6.07, 6.45) is 0.944. The van der Waals surface area contributed by atoms with Gasteiger partial charge in [0.15, 0.2) is 12.6 Å². The number of rotatable bonds is 0. The Labute approximate surface area is 40.8 Å². The van der Waals surface area contributed by atoms with Crippen LogP contribution in [-0.4, -0.2) is 22.8 Å². The third-order valence-electron chi connectivity index (χ3n) is 0.719. The highest BCUT2D eigenvalue weighted by atomic mass is 16.7. The van der Waals surface area contributed by atoms with Crippen LogP contribution in [0.15, 0.2) is 12.2 Å². The van der Waals surface area contributed by atoms with E-state index in [0.717, 1.165) is 0 Å². The molecule has 0 unspecified atom stereocenters. The number of hydrogen-bond acceptors (Lipinski definition) is 3. The highest BCUT2D eigenvalue weighted by molar-refractivity contribution is 4.92. The van der Waals surface area contributed by atoms with Gasteiger partial charge in [-0.1, -0.05) is 0 Å². The molecule has 3 heteroatoms. The standard InChI is InChI=1S/C4H6O3/c5-3-1-2-4(6)7-3/h1-6H/t3-,4+. The van der Waals surface area contributed by atoms with Crippen molar-refractivity contribution >= 4 is 0 Å². The van der Waals surface area contributed by atoms with E-state index in [0.29, 0.717) is 0 Å². The summed E-state index contributed by atoms with van der Waals surface area (Å²) in [6.45, 7) is 0. The fourth-order valence-electron chi connectivity index (χ4n) is 0.424. The summed E-state index contributed by atoms with van der Waals surface area (Å²) in [5.41, 5.74) is 0. The molecular weight excluding hydrogens is 96.0 g/mol. The maximum atomic E-state index is 8.43. The zero-order valence-electron chi connectivity index (χ0n) is 3.61. The second kappa shape index (κ2) is 1.61. The Morgan fingerprint density at radius 3 is 1.71 bits per heavy atom. The molecule has 0 bridgehead atoms. The third-order valence-corrected chi connectivity index (χ3v) is 0.719. The van der Waals surface area contributed by atoms with Gasteiger partial charge in [0.1, 0.15) is 0 Å². The second-order valence-corrected chi connectivity index (χ2v) is 1.30. The maximum absolute atomic E-state index is 8.43. The van der Waals surface area contributed by atoms with Crippen molar-refractivity contribution < 1.29 is 14.9 Å². The van der Waals surface area contributed by atoms with Crippen LogP contribution < -0.4 is 0 Å². The van der Waals surface area contributed by atoms with Crippen LogP contribution in [0.5, 0.6) is 0 Å². The molecule has 1 rings (SSSR count). The molecule has 0 aromatic rings. The average Bonchev–Trinajstić information content (AvgIpc) is 1.87. The van der Waals surface area contributed by atoms with Crippen molar-refractivity contribution in [2.24, 2.45) is 0 Å². The lowest BCUT2D eigenvalue weighted by atomic mass is 10.5. The Morgan fingerprint density at radius 1 is 1.14 bits per heavy atom. The molecule has 0 radical (unpaired) electrons. The SMILES string of the molecule is O[C@@H]1C=C[C@H](O)O1. The van der Waals surface area contributed by atoms with Crippen molar-refractivity contribution in [2.75, 3.05) is 0 Å². The topological polar surface area (TPSA) is 49.7 Å². The van der Waals surface area contributed by atoms with E-state index in [9.17, 15) is 0 Å². The summed E-state index contributed by atoms with van der Waals surface area (Å²) in [5.74, 6) is 0. The van der Waals surface area contributed by atoms with Crippen LogP contribution in [0.3, 0.4) is 0 Å². The van der Waals surface area contributed by atoms with Gasteiger partial charge >= 0.3 is 0 Å². The minimum absolute atomic E-state index is 0.907. The highest BCUT2D eigenvalue weighted by Gasteiger charge is 2.11.